The quantitative estimate of drug-likeness (QED) is 0.670. The van der Waals surface area contributed by atoms with Crippen molar-refractivity contribution in [1.82, 2.24) is 15.5 Å². The Labute approximate surface area is 175 Å². The van der Waals surface area contributed by atoms with E-state index in [0.717, 1.165) is 58.2 Å². The first-order chi connectivity index (χ1) is 14.2. The maximum absolute atomic E-state index is 12.3. The van der Waals surface area contributed by atoms with Gasteiger partial charge in [-0.25, -0.2) is 0 Å². The predicted octanol–water partition coefficient (Wildman–Crippen LogP) is 3.29. The second kappa shape index (κ2) is 12.0. The van der Waals surface area contributed by atoms with Gasteiger partial charge in [0.2, 0.25) is 11.8 Å². The topological polar surface area (TPSA) is 61.4 Å². The fourth-order valence-corrected chi connectivity index (χ4v) is 4.64. The third-order valence-corrected chi connectivity index (χ3v) is 6.26. The Morgan fingerprint density at radius 2 is 1.76 bits per heavy atom. The van der Waals surface area contributed by atoms with Crippen LogP contribution >= 0.6 is 0 Å². The van der Waals surface area contributed by atoms with Gasteiger partial charge in [-0.2, -0.15) is 0 Å². The maximum Gasteiger partial charge on any atom is 0.234 e. The van der Waals surface area contributed by atoms with Crippen molar-refractivity contribution in [3.8, 4) is 0 Å². The molecule has 1 aliphatic heterocycles. The molecule has 5 nitrogen and oxygen atoms in total. The molecular weight excluding hydrogens is 362 g/mol. The summed E-state index contributed by atoms with van der Waals surface area (Å²) >= 11 is 0. The highest BCUT2D eigenvalue weighted by Crippen LogP contribution is 2.24. The van der Waals surface area contributed by atoms with E-state index in [1.165, 1.54) is 24.8 Å². The first-order valence-corrected chi connectivity index (χ1v) is 11.5. The number of carbonyl (C=O) groups excluding carboxylic acids is 2. The van der Waals surface area contributed by atoms with Gasteiger partial charge in [0.25, 0.3) is 0 Å². The molecule has 0 aromatic heterocycles. The second-order valence-corrected chi connectivity index (χ2v) is 8.78. The molecule has 0 unspecified atom stereocenters. The van der Waals surface area contributed by atoms with Crippen LogP contribution in [-0.4, -0.2) is 48.9 Å². The highest BCUT2D eigenvalue weighted by molar-refractivity contribution is 5.78. The van der Waals surface area contributed by atoms with Crippen molar-refractivity contribution < 1.29 is 9.59 Å². The Hall–Kier alpha value is -1.88. The van der Waals surface area contributed by atoms with Crippen molar-refractivity contribution in [2.75, 3.05) is 26.2 Å². The molecule has 3 rings (SSSR count). The summed E-state index contributed by atoms with van der Waals surface area (Å²) in [5, 5.41) is 6.36. The van der Waals surface area contributed by atoms with Gasteiger partial charge in [-0.1, -0.05) is 43.2 Å². The van der Waals surface area contributed by atoms with Crippen LogP contribution in [0.25, 0.3) is 0 Å². The number of hydrogen-bond acceptors (Lipinski definition) is 3. The molecule has 0 spiro atoms. The number of rotatable bonds is 9. The van der Waals surface area contributed by atoms with Gasteiger partial charge in [0.15, 0.2) is 0 Å². The van der Waals surface area contributed by atoms with E-state index in [1.807, 2.05) is 18.2 Å². The van der Waals surface area contributed by atoms with Gasteiger partial charge >= 0.3 is 0 Å². The van der Waals surface area contributed by atoms with Crippen molar-refractivity contribution in [1.29, 1.82) is 0 Å². The normalized spacial score (nSPS) is 22.8. The van der Waals surface area contributed by atoms with E-state index in [4.69, 9.17) is 0 Å². The Morgan fingerprint density at radius 3 is 2.55 bits per heavy atom. The smallest absolute Gasteiger partial charge is 0.234 e. The van der Waals surface area contributed by atoms with Gasteiger partial charge in [-0.05, 0) is 69.5 Å². The highest BCUT2D eigenvalue weighted by Gasteiger charge is 2.24. The van der Waals surface area contributed by atoms with Crippen LogP contribution in [0.15, 0.2) is 30.3 Å². The zero-order valence-electron chi connectivity index (χ0n) is 17.7. The lowest BCUT2D eigenvalue weighted by Crippen LogP contribution is -2.43. The molecule has 1 saturated carbocycles. The molecule has 29 heavy (non-hydrogen) atoms. The zero-order chi connectivity index (χ0) is 20.3. The minimum atomic E-state index is 0.152. The Balaban J connectivity index is 1.30. The van der Waals surface area contributed by atoms with Gasteiger partial charge in [-0.3, -0.25) is 14.5 Å². The number of amides is 2. The molecule has 1 aromatic carbocycles. The summed E-state index contributed by atoms with van der Waals surface area (Å²) in [7, 11) is 0. The number of likely N-dealkylation sites (tertiary alicyclic amines) is 1. The summed E-state index contributed by atoms with van der Waals surface area (Å²) < 4.78 is 0. The number of nitrogens with zero attached hydrogens (tertiary/aromatic N) is 1. The molecule has 5 heteroatoms. The summed E-state index contributed by atoms with van der Waals surface area (Å²) in [4.78, 5) is 26.8. The lowest BCUT2D eigenvalue weighted by atomic mass is 9.85. The van der Waals surface area contributed by atoms with Crippen molar-refractivity contribution >= 4 is 11.8 Å². The third-order valence-electron chi connectivity index (χ3n) is 6.26. The van der Waals surface area contributed by atoms with Crippen LogP contribution in [0.1, 0.15) is 63.4 Å². The molecule has 1 heterocycles. The van der Waals surface area contributed by atoms with Crippen LogP contribution < -0.4 is 10.6 Å². The summed E-state index contributed by atoms with van der Waals surface area (Å²) in [5.41, 5.74) is 1.29. The maximum atomic E-state index is 12.3. The summed E-state index contributed by atoms with van der Waals surface area (Å²) in [6.45, 7) is 3.38. The average molecular weight is 400 g/mol. The van der Waals surface area contributed by atoms with Gasteiger partial charge in [0.05, 0.1) is 6.54 Å². The fraction of sp³-hybridized carbons (Fsp3) is 0.667. The summed E-state index contributed by atoms with van der Waals surface area (Å²) in [5.74, 6) is 0.795. The molecule has 1 aliphatic carbocycles. The van der Waals surface area contributed by atoms with E-state index in [9.17, 15) is 9.59 Å². The predicted molar refractivity (Wildman–Crippen MR) is 117 cm³/mol. The van der Waals surface area contributed by atoms with Crippen LogP contribution in [0.2, 0.25) is 0 Å². The van der Waals surface area contributed by atoms with E-state index < -0.39 is 0 Å². The Bertz CT molecular complexity index is 628. The zero-order valence-corrected chi connectivity index (χ0v) is 17.7. The van der Waals surface area contributed by atoms with Gasteiger partial charge in [-0.15, -0.1) is 0 Å². The van der Waals surface area contributed by atoms with E-state index in [2.05, 4.69) is 27.7 Å². The Morgan fingerprint density at radius 1 is 0.966 bits per heavy atom. The standard InChI is InChI=1S/C24H37N3O2/c28-23(14-8-11-20-9-3-1-4-10-20)26-22-13-7-12-21(17-22)18-25-24(29)19-27-15-5-2-6-16-27/h1,3-4,9-10,21-22H,2,5-8,11-19H2,(H,25,29)(H,26,28)/t21-,22+/m1/s1. The molecule has 2 aliphatic rings. The largest absolute Gasteiger partial charge is 0.355 e. The number of nitrogens with one attached hydrogen (secondary N) is 2. The molecule has 2 atom stereocenters. The second-order valence-electron chi connectivity index (χ2n) is 8.78. The Kier molecular flexibility index (Phi) is 9.00. The molecule has 2 fully saturated rings. The minimum Gasteiger partial charge on any atom is -0.355 e. The van der Waals surface area contributed by atoms with Gasteiger partial charge in [0, 0.05) is 19.0 Å². The van der Waals surface area contributed by atoms with E-state index in [-0.39, 0.29) is 17.9 Å². The molecule has 2 amide bonds. The molecule has 0 bridgehead atoms. The number of benzene rings is 1. The number of aryl methyl sites for hydroxylation is 1. The van der Waals surface area contributed by atoms with Crippen molar-refractivity contribution in [2.24, 2.45) is 5.92 Å². The fourth-order valence-electron chi connectivity index (χ4n) is 4.64. The molecule has 2 N–H and O–H groups in total. The number of piperidine rings is 1. The SMILES string of the molecule is O=C(CN1CCCCC1)NC[C@@H]1CCC[C@H](NC(=O)CCCc2ccccc2)C1. The third kappa shape index (κ3) is 8.17. The lowest BCUT2D eigenvalue weighted by molar-refractivity contribution is -0.123. The van der Waals surface area contributed by atoms with Crippen LogP contribution in [-0.2, 0) is 16.0 Å². The first-order valence-electron chi connectivity index (χ1n) is 11.5. The molecule has 0 radical (unpaired) electrons. The molecule has 1 saturated heterocycles. The van der Waals surface area contributed by atoms with Crippen LogP contribution in [0.5, 0.6) is 0 Å². The van der Waals surface area contributed by atoms with Crippen LogP contribution in [0, 0.1) is 5.92 Å². The molecule has 1 aromatic rings. The average Bonchev–Trinajstić information content (AvgIpc) is 2.74. The van der Waals surface area contributed by atoms with Gasteiger partial charge in [0.1, 0.15) is 0 Å². The van der Waals surface area contributed by atoms with E-state index in [1.54, 1.807) is 0 Å². The highest BCUT2D eigenvalue weighted by atomic mass is 16.2. The summed E-state index contributed by atoms with van der Waals surface area (Å²) in [6.07, 6.45) is 10.4. The van der Waals surface area contributed by atoms with Crippen LogP contribution in [0.4, 0.5) is 0 Å². The van der Waals surface area contributed by atoms with E-state index >= 15 is 0 Å². The molecule has 160 valence electrons. The number of hydrogen-bond donors (Lipinski definition) is 2. The van der Waals surface area contributed by atoms with Crippen LogP contribution in [0.3, 0.4) is 0 Å². The van der Waals surface area contributed by atoms with E-state index in [0.29, 0.717) is 18.9 Å². The lowest BCUT2D eigenvalue weighted by Gasteiger charge is -2.30. The van der Waals surface area contributed by atoms with Crippen molar-refractivity contribution in [3.05, 3.63) is 35.9 Å². The minimum absolute atomic E-state index is 0.152. The first kappa shape index (κ1) is 21.8. The van der Waals surface area contributed by atoms with Crippen molar-refractivity contribution in [3.63, 3.8) is 0 Å². The molecular formula is C24H37N3O2. The number of carbonyl (C=O) groups is 2. The monoisotopic (exact) mass is 399 g/mol. The summed E-state index contributed by atoms with van der Waals surface area (Å²) in [6, 6.07) is 10.6. The van der Waals surface area contributed by atoms with Crippen molar-refractivity contribution in [2.45, 2.75) is 70.3 Å². The van der Waals surface area contributed by atoms with Gasteiger partial charge < -0.3 is 10.6 Å².